The van der Waals surface area contributed by atoms with E-state index < -0.39 is 0 Å². The average molecular weight is 424 g/mol. The van der Waals surface area contributed by atoms with Crippen LogP contribution < -0.4 is 10.7 Å². The number of nitrogens with zero attached hydrogens (tertiary/aromatic N) is 3. The molecule has 1 amide bonds. The van der Waals surface area contributed by atoms with Gasteiger partial charge in [0.15, 0.2) is 5.82 Å². The number of methoxy groups -OCH3 is 1. The number of benzene rings is 2. The van der Waals surface area contributed by atoms with Crippen LogP contribution in [0.2, 0.25) is 0 Å². The molecule has 0 unspecified atom stereocenters. The Kier molecular flexibility index (Phi) is 6.35. The Balaban J connectivity index is 1.64. The Labute approximate surface area is 180 Å². The van der Waals surface area contributed by atoms with Crippen LogP contribution in [0.1, 0.15) is 23.6 Å². The van der Waals surface area contributed by atoms with E-state index in [4.69, 9.17) is 4.74 Å². The average Bonchev–Trinajstić information content (AvgIpc) is 3.20. The number of aryl methyl sites for hydroxylation is 1. The first kappa shape index (κ1) is 20.4. The van der Waals surface area contributed by atoms with Gasteiger partial charge in [0.25, 0.3) is 0 Å². The number of carbonyl (C=O) groups excluding carboxylic acids is 1. The molecule has 0 aliphatic carbocycles. The lowest BCUT2D eigenvalue weighted by Gasteiger charge is -2.33. The molecule has 0 spiro atoms. The fraction of sp³-hybridized carbons (Fsp3) is 0.318. The zero-order chi connectivity index (χ0) is 20.9. The van der Waals surface area contributed by atoms with Gasteiger partial charge in [-0.2, -0.15) is 0 Å². The molecule has 30 heavy (non-hydrogen) atoms. The molecule has 0 saturated heterocycles. The summed E-state index contributed by atoms with van der Waals surface area (Å²) < 4.78 is 6.96. The molecule has 2 heterocycles. The summed E-state index contributed by atoms with van der Waals surface area (Å²) >= 11 is 1.44. The predicted octanol–water partition coefficient (Wildman–Crippen LogP) is 3.17. The first-order valence-electron chi connectivity index (χ1n) is 9.94. The van der Waals surface area contributed by atoms with E-state index in [1.807, 2.05) is 35.0 Å². The largest absolute Gasteiger partial charge is 0.385 e. The lowest BCUT2D eigenvalue weighted by molar-refractivity contribution is -0.121. The van der Waals surface area contributed by atoms with Gasteiger partial charge in [-0.05, 0) is 18.9 Å². The molecular formula is C22H25N5O2S. The molecule has 3 aromatic rings. The van der Waals surface area contributed by atoms with Crippen molar-refractivity contribution in [3.05, 3.63) is 65.7 Å². The predicted molar refractivity (Wildman–Crippen MR) is 118 cm³/mol. The van der Waals surface area contributed by atoms with Crippen molar-refractivity contribution in [2.24, 2.45) is 0 Å². The number of rotatable bonds is 7. The molecule has 2 aromatic carbocycles. The number of hydrogen-bond acceptors (Lipinski definition) is 6. The minimum Gasteiger partial charge on any atom is -0.385 e. The van der Waals surface area contributed by atoms with E-state index in [1.54, 1.807) is 7.11 Å². The fourth-order valence-corrected chi connectivity index (χ4v) is 4.49. The van der Waals surface area contributed by atoms with E-state index >= 15 is 0 Å². The topological polar surface area (TPSA) is 81.1 Å². The van der Waals surface area contributed by atoms with Gasteiger partial charge in [0.1, 0.15) is 5.25 Å². The van der Waals surface area contributed by atoms with Crippen molar-refractivity contribution in [1.29, 1.82) is 0 Å². The van der Waals surface area contributed by atoms with E-state index in [1.165, 1.54) is 17.3 Å². The summed E-state index contributed by atoms with van der Waals surface area (Å²) in [4.78, 5) is 13.0. The maximum Gasteiger partial charge on any atom is 0.236 e. The molecule has 1 aliphatic rings. The van der Waals surface area contributed by atoms with Gasteiger partial charge in [-0.15, -0.1) is 10.2 Å². The molecule has 1 aromatic heterocycles. The minimum absolute atomic E-state index is 0.0234. The molecule has 8 heteroatoms. The molecule has 4 rings (SSSR count). The summed E-state index contributed by atoms with van der Waals surface area (Å²) in [6, 6.07) is 18.0. The standard InChI is InChI=1S/C22H25N5O2S/c1-15-9-11-16(12-10-15)18-19(21(28)23-13-6-14-29-2)30-22-25-24-20(27(22)26-18)17-7-4-3-5-8-17/h3-5,7-12,18-19,26H,6,13-14H2,1-2H3,(H,23,28)/t18-,19-/m0/s1. The molecule has 0 bridgehead atoms. The highest BCUT2D eigenvalue weighted by Gasteiger charge is 2.37. The maximum atomic E-state index is 13.0. The van der Waals surface area contributed by atoms with E-state index in [0.29, 0.717) is 18.3 Å². The maximum absolute atomic E-state index is 13.0. The summed E-state index contributed by atoms with van der Waals surface area (Å²) in [5.74, 6) is 0.707. The second kappa shape index (κ2) is 9.32. The van der Waals surface area contributed by atoms with Gasteiger partial charge in [0, 0.05) is 25.8 Å². The van der Waals surface area contributed by atoms with Gasteiger partial charge in [0.2, 0.25) is 11.1 Å². The van der Waals surface area contributed by atoms with Crippen LogP contribution in [0.4, 0.5) is 0 Å². The van der Waals surface area contributed by atoms with Gasteiger partial charge in [-0.25, -0.2) is 4.68 Å². The van der Waals surface area contributed by atoms with Crippen LogP contribution in [0.15, 0.2) is 59.8 Å². The lowest BCUT2D eigenvalue weighted by Crippen LogP contribution is -2.44. The zero-order valence-corrected chi connectivity index (χ0v) is 17.9. The normalized spacial score (nSPS) is 17.8. The molecule has 0 saturated carbocycles. The Morgan fingerprint density at radius 3 is 2.67 bits per heavy atom. The summed E-state index contributed by atoms with van der Waals surface area (Å²) in [5, 5.41) is 12.0. The third-order valence-electron chi connectivity index (χ3n) is 4.99. The van der Waals surface area contributed by atoms with Crippen molar-refractivity contribution in [2.45, 2.75) is 29.8 Å². The third-order valence-corrected chi connectivity index (χ3v) is 6.20. The van der Waals surface area contributed by atoms with Gasteiger partial charge in [0.05, 0.1) is 6.04 Å². The number of thioether (sulfide) groups is 1. The number of ether oxygens (including phenoxy) is 1. The van der Waals surface area contributed by atoms with E-state index in [2.05, 4.69) is 52.1 Å². The molecule has 0 radical (unpaired) electrons. The van der Waals surface area contributed by atoms with Crippen molar-refractivity contribution < 1.29 is 9.53 Å². The van der Waals surface area contributed by atoms with Crippen LogP contribution in [-0.2, 0) is 9.53 Å². The van der Waals surface area contributed by atoms with E-state index in [9.17, 15) is 4.79 Å². The van der Waals surface area contributed by atoms with Crippen LogP contribution in [-0.4, -0.2) is 46.3 Å². The van der Waals surface area contributed by atoms with Crippen molar-refractivity contribution in [2.75, 3.05) is 25.7 Å². The number of fused-ring (bicyclic) bond motifs is 1. The van der Waals surface area contributed by atoms with E-state index in [0.717, 1.165) is 23.4 Å². The highest BCUT2D eigenvalue weighted by molar-refractivity contribution is 8.00. The van der Waals surface area contributed by atoms with Crippen molar-refractivity contribution in [3.8, 4) is 11.4 Å². The lowest BCUT2D eigenvalue weighted by atomic mass is 10.0. The molecule has 156 valence electrons. The number of nitrogens with one attached hydrogen (secondary N) is 2. The van der Waals surface area contributed by atoms with Crippen LogP contribution in [0.5, 0.6) is 0 Å². The Morgan fingerprint density at radius 1 is 1.17 bits per heavy atom. The summed E-state index contributed by atoms with van der Waals surface area (Å²) in [6.45, 7) is 3.25. The quantitative estimate of drug-likeness (QED) is 0.568. The number of amides is 1. The third kappa shape index (κ3) is 4.34. The van der Waals surface area contributed by atoms with E-state index in [-0.39, 0.29) is 17.2 Å². The first-order valence-corrected chi connectivity index (χ1v) is 10.8. The summed E-state index contributed by atoms with van der Waals surface area (Å²) in [6.07, 6.45) is 0.774. The summed E-state index contributed by atoms with van der Waals surface area (Å²) in [7, 11) is 1.66. The molecule has 1 aliphatic heterocycles. The highest BCUT2D eigenvalue weighted by Crippen LogP contribution is 2.38. The van der Waals surface area contributed by atoms with Crippen LogP contribution in [0.25, 0.3) is 11.4 Å². The van der Waals surface area contributed by atoms with Crippen LogP contribution in [0, 0.1) is 6.92 Å². The number of hydrogen-bond donors (Lipinski definition) is 2. The Hall–Kier alpha value is -2.84. The van der Waals surface area contributed by atoms with Crippen molar-refractivity contribution in [3.63, 3.8) is 0 Å². The Morgan fingerprint density at radius 2 is 1.93 bits per heavy atom. The number of carbonyl (C=O) groups is 1. The minimum atomic E-state index is -0.365. The zero-order valence-electron chi connectivity index (χ0n) is 17.0. The second-order valence-corrected chi connectivity index (χ2v) is 8.31. The SMILES string of the molecule is COCCCNC(=O)[C@H]1Sc2nnc(-c3ccccc3)n2N[C@H]1c1ccc(C)cc1. The fourth-order valence-electron chi connectivity index (χ4n) is 3.38. The first-order chi connectivity index (χ1) is 14.7. The van der Waals surface area contributed by atoms with Crippen LogP contribution in [0.3, 0.4) is 0 Å². The van der Waals surface area contributed by atoms with Gasteiger partial charge < -0.3 is 15.5 Å². The van der Waals surface area contributed by atoms with Crippen molar-refractivity contribution >= 4 is 17.7 Å². The van der Waals surface area contributed by atoms with Crippen molar-refractivity contribution in [1.82, 2.24) is 20.2 Å². The molecule has 2 atom stereocenters. The van der Waals surface area contributed by atoms with Gasteiger partial charge in [-0.3, -0.25) is 4.79 Å². The van der Waals surface area contributed by atoms with Gasteiger partial charge in [-0.1, -0.05) is 71.9 Å². The molecular weight excluding hydrogens is 398 g/mol. The summed E-state index contributed by atoms with van der Waals surface area (Å²) in [5.41, 5.74) is 6.69. The van der Waals surface area contributed by atoms with Gasteiger partial charge >= 0.3 is 0 Å². The molecule has 2 N–H and O–H groups in total. The monoisotopic (exact) mass is 423 g/mol. The molecule has 0 fully saturated rings. The second-order valence-electron chi connectivity index (χ2n) is 7.20. The highest BCUT2D eigenvalue weighted by atomic mass is 32.2. The Bertz CT molecular complexity index is 991. The van der Waals surface area contributed by atoms with Crippen LogP contribution >= 0.6 is 11.8 Å². The smallest absolute Gasteiger partial charge is 0.236 e. The number of aromatic nitrogens is 3. The molecule has 7 nitrogen and oxygen atoms in total.